The molecule has 2 aromatic rings. The van der Waals surface area contributed by atoms with Crippen molar-refractivity contribution >= 4 is 11.8 Å². The van der Waals surface area contributed by atoms with Gasteiger partial charge in [0.2, 0.25) is 5.91 Å². The Morgan fingerprint density at radius 3 is 2.79 bits per heavy atom. The van der Waals surface area contributed by atoms with E-state index in [1.807, 2.05) is 30.3 Å². The third kappa shape index (κ3) is 4.59. The number of amides is 2. The number of hydrogen-bond donors (Lipinski definition) is 2. The van der Waals surface area contributed by atoms with E-state index >= 15 is 0 Å². The van der Waals surface area contributed by atoms with Gasteiger partial charge in [0.05, 0.1) is 18.4 Å². The fraction of sp³-hybridized carbons (Fsp3) is 0.391. The summed E-state index contributed by atoms with van der Waals surface area (Å²) >= 11 is 0. The maximum absolute atomic E-state index is 13.0. The third-order valence-electron chi connectivity index (χ3n) is 5.67. The fourth-order valence-electron chi connectivity index (χ4n) is 4.11. The first-order chi connectivity index (χ1) is 14.1. The first-order valence-electron chi connectivity index (χ1n) is 10.2. The van der Waals surface area contributed by atoms with Crippen molar-refractivity contribution in [3.63, 3.8) is 0 Å². The molecule has 2 heterocycles. The highest BCUT2D eigenvalue weighted by molar-refractivity contribution is 5.93. The lowest BCUT2D eigenvalue weighted by atomic mass is 10.0. The lowest BCUT2D eigenvalue weighted by molar-refractivity contribution is -0.121. The van der Waals surface area contributed by atoms with Crippen LogP contribution in [0.3, 0.4) is 0 Å². The van der Waals surface area contributed by atoms with Crippen LogP contribution in [-0.4, -0.2) is 47.1 Å². The number of nitrogens with one attached hydrogen (secondary N) is 1. The second kappa shape index (κ2) is 8.66. The van der Waals surface area contributed by atoms with E-state index in [1.54, 1.807) is 17.2 Å². The molecule has 29 heavy (non-hydrogen) atoms. The number of rotatable bonds is 6. The van der Waals surface area contributed by atoms with E-state index in [2.05, 4.69) is 17.5 Å². The van der Waals surface area contributed by atoms with Gasteiger partial charge >= 0.3 is 0 Å². The quantitative estimate of drug-likeness (QED) is 0.738. The predicted octanol–water partition coefficient (Wildman–Crippen LogP) is 2.99. The normalized spacial score (nSPS) is 23.5. The topological polar surface area (TPSA) is 82.8 Å². The molecule has 0 bridgehead atoms. The second-order valence-electron chi connectivity index (χ2n) is 7.84. The standard InChI is InChI=1S/C23H26N2O4/c26-20-12-19(13-24-22(27)10-16-6-4-5-7-16)25(14-20)23(28)21-11-18(15-29-21)17-8-2-1-3-9-17/h1-4,6,8-9,11,15-16,19-20,26H,5,7,10,12-14H2,(H,24,27)/t16?,19-,20-/m1/s1. The van der Waals surface area contributed by atoms with Crippen LogP contribution in [0.15, 0.2) is 59.2 Å². The summed E-state index contributed by atoms with van der Waals surface area (Å²) in [5.41, 5.74) is 1.81. The minimum atomic E-state index is -0.595. The molecular weight excluding hydrogens is 368 g/mol. The van der Waals surface area contributed by atoms with E-state index in [-0.39, 0.29) is 30.2 Å². The summed E-state index contributed by atoms with van der Waals surface area (Å²) in [5, 5.41) is 13.0. The molecule has 1 unspecified atom stereocenters. The number of furan rings is 1. The number of aliphatic hydroxyl groups is 1. The van der Waals surface area contributed by atoms with Gasteiger partial charge in [-0.15, -0.1) is 0 Å². The Labute approximate surface area is 170 Å². The van der Waals surface area contributed by atoms with Gasteiger partial charge < -0.3 is 19.7 Å². The van der Waals surface area contributed by atoms with Crippen LogP contribution in [0.2, 0.25) is 0 Å². The van der Waals surface area contributed by atoms with Crippen LogP contribution in [0, 0.1) is 5.92 Å². The van der Waals surface area contributed by atoms with Crippen molar-refractivity contribution < 1.29 is 19.1 Å². The molecule has 1 aromatic heterocycles. The number of β-amino-alcohol motifs (C(OH)–C–C–N with tert-alkyl or cyclic N) is 1. The van der Waals surface area contributed by atoms with Gasteiger partial charge in [0, 0.05) is 25.1 Å². The summed E-state index contributed by atoms with van der Waals surface area (Å²) in [4.78, 5) is 26.8. The first-order valence-corrected chi connectivity index (χ1v) is 10.2. The number of nitrogens with zero attached hydrogens (tertiary/aromatic N) is 1. The highest BCUT2D eigenvalue weighted by Crippen LogP contribution is 2.26. The highest BCUT2D eigenvalue weighted by atomic mass is 16.3. The smallest absolute Gasteiger partial charge is 0.289 e. The number of hydrogen-bond acceptors (Lipinski definition) is 4. The average Bonchev–Trinajstić information content (AvgIpc) is 3.47. The predicted molar refractivity (Wildman–Crippen MR) is 109 cm³/mol. The zero-order valence-corrected chi connectivity index (χ0v) is 16.3. The van der Waals surface area contributed by atoms with Gasteiger partial charge in [0.25, 0.3) is 5.91 Å². The molecule has 1 aliphatic heterocycles. The summed E-state index contributed by atoms with van der Waals surface area (Å²) in [6.45, 7) is 0.580. The fourth-order valence-corrected chi connectivity index (χ4v) is 4.11. The van der Waals surface area contributed by atoms with E-state index in [4.69, 9.17) is 4.42 Å². The molecule has 3 atom stereocenters. The molecule has 6 heteroatoms. The molecular formula is C23H26N2O4. The van der Waals surface area contributed by atoms with Gasteiger partial charge in [0.15, 0.2) is 5.76 Å². The summed E-state index contributed by atoms with van der Waals surface area (Å²) < 4.78 is 5.52. The van der Waals surface area contributed by atoms with Crippen molar-refractivity contribution in [3.05, 3.63) is 60.6 Å². The molecule has 2 aliphatic rings. The van der Waals surface area contributed by atoms with E-state index in [9.17, 15) is 14.7 Å². The van der Waals surface area contributed by atoms with Crippen LogP contribution in [-0.2, 0) is 4.79 Å². The van der Waals surface area contributed by atoms with Crippen molar-refractivity contribution in [2.45, 2.75) is 37.8 Å². The number of aliphatic hydroxyl groups excluding tert-OH is 1. The van der Waals surface area contributed by atoms with Gasteiger partial charge in [-0.25, -0.2) is 0 Å². The molecule has 2 amide bonds. The first kappa shape index (κ1) is 19.5. The van der Waals surface area contributed by atoms with Crippen molar-refractivity contribution in [1.82, 2.24) is 10.2 Å². The molecule has 1 aliphatic carbocycles. The molecule has 2 N–H and O–H groups in total. The summed E-state index contributed by atoms with van der Waals surface area (Å²) in [6.07, 6.45) is 8.14. The Hall–Kier alpha value is -2.86. The summed E-state index contributed by atoms with van der Waals surface area (Å²) in [6, 6.07) is 11.2. The summed E-state index contributed by atoms with van der Waals surface area (Å²) in [7, 11) is 0. The average molecular weight is 394 g/mol. The number of likely N-dealkylation sites (tertiary alicyclic amines) is 1. The largest absolute Gasteiger partial charge is 0.459 e. The molecule has 1 fully saturated rings. The van der Waals surface area contributed by atoms with E-state index in [1.165, 1.54) is 0 Å². The van der Waals surface area contributed by atoms with E-state index in [0.29, 0.717) is 25.3 Å². The van der Waals surface area contributed by atoms with Gasteiger partial charge in [-0.3, -0.25) is 9.59 Å². The SMILES string of the molecule is O=C(CC1C=CCC1)NC[C@H]1C[C@@H](O)CN1C(=O)c1cc(-c2ccccc2)co1. The van der Waals surface area contributed by atoms with Crippen LogP contribution < -0.4 is 5.32 Å². The van der Waals surface area contributed by atoms with Crippen LogP contribution >= 0.6 is 0 Å². The Bertz CT molecular complexity index is 889. The minimum absolute atomic E-state index is 0.0142. The van der Waals surface area contributed by atoms with Crippen molar-refractivity contribution in [2.75, 3.05) is 13.1 Å². The van der Waals surface area contributed by atoms with E-state index < -0.39 is 6.10 Å². The summed E-state index contributed by atoms with van der Waals surface area (Å²) in [5.74, 6) is 0.271. The third-order valence-corrected chi connectivity index (χ3v) is 5.67. The minimum Gasteiger partial charge on any atom is -0.459 e. The number of allylic oxidation sites excluding steroid dienone is 2. The van der Waals surface area contributed by atoms with Gasteiger partial charge in [-0.1, -0.05) is 42.5 Å². The van der Waals surface area contributed by atoms with Crippen molar-refractivity contribution in [2.24, 2.45) is 5.92 Å². The molecule has 4 rings (SSSR count). The number of carbonyl (C=O) groups is 2. The molecule has 1 aromatic carbocycles. The Morgan fingerprint density at radius 1 is 1.21 bits per heavy atom. The molecule has 0 spiro atoms. The second-order valence-corrected chi connectivity index (χ2v) is 7.84. The number of carbonyl (C=O) groups excluding carboxylic acids is 2. The Morgan fingerprint density at radius 2 is 2.03 bits per heavy atom. The van der Waals surface area contributed by atoms with Gasteiger partial charge in [-0.2, -0.15) is 0 Å². The van der Waals surface area contributed by atoms with Crippen LogP contribution in [0.4, 0.5) is 0 Å². The molecule has 6 nitrogen and oxygen atoms in total. The maximum atomic E-state index is 13.0. The Kier molecular flexibility index (Phi) is 5.81. The van der Waals surface area contributed by atoms with Crippen molar-refractivity contribution in [1.29, 1.82) is 0 Å². The zero-order chi connectivity index (χ0) is 20.2. The maximum Gasteiger partial charge on any atom is 0.289 e. The highest BCUT2D eigenvalue weighted by Gasteiger charge is 2.36. The Balaban J connectivity index is 1.38. The molecule has 152 valence electrons. The molecule has 0 radical (unpaired) electrons. The van der Waals surface area contributed by atoms with Crippen LogP contribution in [0.25, 0.3) is 11.1 Å². The lowest BCUT2D eigenvalue weighted by Crippen LogP contribution is -2.43. The van der Waals surface area contributed by atoms with Crippen LogP contribution in [0.5, 0.6) is 0 Å². The zero-order valence-electron chi connectivity index (χ0n) is 16.3. The van der Waals surface area contributed by atoms with Gasteiger partial charge in [0.1, 0.15) is 0 Å². The van der Waals surface area contributed by atoms with E-state index in [0.717, 1.165) is 24.0 Å². The number of benzene rings is 1. The molecule has 1 saturated heterocycles. The van der Waals surface area contributed by atoms with Crippen molar-refractivity contribution in [3.8, 4) is 11.1 Å². The molecule has 0 saturated carbocycles. The van der Waals surface area contributed by atoms with Gasteiger partial charge in [-0.05, 0) is 36.8 Å². The van der Waals surface area contributed by atoms with Crippen LogP contribution in [0.1, 0.15) is 36.2 Å². The monoisotopic (exact) mass is 394 g/mol. The lowest BCUT2D eigenvalue weighted by Gasteiger charge is -2.24.